The Balaban J connectivity index is 1.36. The van der Waals surface area contributed by atoms with E-state index in [4.69, 9.17) is 16.3 Å². The average molecular weight is 533 g/mol. The molecule has 3 aromatic carbocycles. The molecule has 1 N–H and O–H groups in total. The van der Waals surface area contributed by atoms with E-state index in [0.717, 1.165) is 74.8 Å². The molecule has 0 radical (unpaired) electrons. The Morgan fingerprint density at radius 3 is 2.13 bits per heavy atom. The topological polar surface area (TPSA) is 65.1 Å². The van der Waals surface area contributed by atoms with Crippen LogP contribution in [0.25, 0.3) is 0 Å². The fourth-order valence-corrected chi connectivity index (χ4v) is 5.41. The first-order chi connectivity index (χ1) is 18.5. The number of carbonyl (C=O) groups excluding carboxylic acids is 2. The van der Waals surface area contributed by atoms with Crippen LogP contribution in [-0.4, -0.2) is 63.1 Å². The molecule has 2 heterocycles. The van der Waals surface area contributed by atoms with Gasteiger partial charge in [-0.25, -0.2) is 0 Å². The summed E-state index contributed by atoms with van der Waals surface area (Å²) in [5.74, 6) is 0.542. The van der Waals surface area contributed by atoms with Crippen LogP contribution < -0.4 is 19.9 Å². The van der Waals surface area contributed by atoms with Gasteiger partial charge in [-0.3, -0.25) is 9.59 Å². The zero-order chi connectivity index (χ0) is 26.5. The molecule has 2 aliphatic rings. The normalized spacial score (nSPS) is 16.3. The minimum atomic E-state index is -0.823. The molecule has 1 atom stereocenters. The lowest BCUT2D eigenvalue weighted by atomic mass is 10.1. The van der Waals surface area contributed by atoms with Gasteiger partial charge in [0, 0.05) is 50.6 Å². The van der Waals surface area contributed by atoms with Crippen molar-refractivity contribution in [3.8, 4) is 5.75 Å². The number of carbonyl (C=O) groups is 2. The lowest BCUT2D eigenvalue weighted by Gasteiger charge is -2.38. The molecule has 38 heavy (non-hydrogen) atoms. The second-order valence-corrected chi connectivity index (χ2v) is 10.1. The van der Waals surface area contributed by atoms with E-state index in [-0.39, 0.29) is 11.8 Å². The van der Waals surface area contributed by atoms with E-state index in [9.17, 15) is 9.59 Å². The van der Waals surface area contributed by atoms with E-state index in [1.54, 1.807) is 13.2 Å². The van der Waals surface area contributed by atoms with E-state index in [2.05, 4.69) is 21.2 Å². The van der Waals surface area contributed by atoms with E-state index in [0.29, 0.717) is 11.3 Å². The van der Waals surface area contributed by atoms with Crippen molar-refractivity contribution in [1.82, 2.24) is 4.90 Å². The Kier molecular flexibility index (Phi) is 8.03. The Bertz CT molecular complexity index is 1270. The number of halogens is 1. The van der Waals surface area contributed by atoms with Crippen LogP contribution in [0, 0.1) is 0 Å². The lowest BCUT2D eigenvalue weighted by molar-refractivity contribution is -0.116. The molecule has 7 nitrogen and oxygen atoms in total. The first kappa shape index (κ1) is 25.9. The summed E-state index contributed by atoms with van der Waals surface area (Å²) in [7, 11) is 1.69. The summed E-state index contributed by atoms with van der Waals surface area (Å²) >= 11 is 6.44. The van der Waals surface area contributed by atoms with E-state index in [1.807, 2.05) is 65.6 Å². The molecule has 0 saturated carbocycles. The summed E-state index contributed by atoms with van der Waals surface area (Å²) in [6.07, 6.45) is 2.03. The summed E-state index contributed by atoms with van der Waals surface area (Å²) in [6.45, 7) is 4.66. The molecular formula is C30H33ClN4O3. The number of nitrogens with one attached hydrogen (secondary N) is 1. The van der Waals surface area contributed by atoms with Crippen LogP contribution in [0.15, 0.2) is 72.8 Å². The number of hydrogen-bond donors (Lipinski definition) is 1. The van der Waals surface area contributed by atoms with E-state index in [1.165, 1.54) is 0 Å². The first-order valence-electron chi connectivity index (χ1n) is 13.1. The molecule has 2 fully saturated rings. The average Bonchev–Trinajstić information content (AvgIpc) is 3.52. The molecule has 0 aliphatic carbocycles. The predicted molar refractivity (Wildman–Crippen MR) is 153 cm³/mol. The highest BCUT2D eigenvalue weighted by atomic mass is 35.5. The number of para-hydroxylation sites is 2. The van der Waals surface area contributed by atoms with Crippen LogP contribution in [0.5, 0.6) is 5.75 Å². The number of rotatable bonds is 7. The van der Waals surface area contributed by atoms with Crippen LogP contribution in [0.1, 0.15) is 34.1 Å². The van der Waals surface area contributed by atoms with Gasteiger partial charge in [0.1, 0.15) is 11.1 Å². The molecule has 2 saturated heterocycles. The van der Waals surface area contributed by atoms with E-state index < -0.39 is 5.38 Å². The molecule has 5 rings (SSSR count). The van der Waals surface area contributed by atoms with Crippen LogP contribution in [-0.2, 0) is 4.79 Å². The number of ether oxygens (including phenoxy) is 1. The molecule has 198 valence electrons. The number of hydrogen-bond acceptors (Lipinski definition) is 5. The van der Waals surface area contributed by atoms with E-state index >= 15 is 0 Å². The largest absolute Gasteiger partial charge is 0.495 e. The van der Waals surface area contributed by atoms with Gasteiger partial charge in [0.05, 0.1) is 18.4 Å². The van der Waals surface area contributed by atoms with Gasteiger partial charge in [0.2, 0.25) is 5.91 Å². The maximum absolute atomic E-state index is 13.6. The number of methoxy groups -OCH3 is 1. The molecule has 0 aromatic heterocycles. The molecular weight excluding hydrogens is 500 g/mol. The summed E-state index contributed by atoms with van der Waals surface area (Å²) in [5, 5.41) is 2.09. The van der Waals surface area contributed by atoms with Crippen molar-refractivity contribution in [2.24, 2.45) is 0 Å². The Morgan fingerprint density at radius 2 is 1.45 bits per heavy atom. The highest BCUT2D eigenvalue weighted by Gasteiger charge is 2.27. The summed E-state index contributed by atoms with van der Waals surface area (Å²) in [6, 6.07) is 22.9. The van der Waals surface area contributed by atoms with Gasteiger partial charge in [-0.2, -0.15) is 0 Å². The zero-order valence-electron chi connectivity index (χ0n) is 21.6. The number of piperazine rings is 1. The van der Waals surface area contributed by atoms with Gasteiger partial charge in [0.25, 0.3) is 5.91 Å². The summed E-state index contributed by atoms with van der Waals surface area (Å²) < 4.78 is 5.56. The number of alkyl halides is 1. The van der Waals surface area contributed by atoms with Gasteiger partial charge in [-0.15, -0.1) is 11.6 Å². The molecule has 8 heteroatoms. The lowest BCUT2D eigenvalue weighted by Crippen LogP contribution is -2.47. The first-order valence-corrected chi connectivity index (χ1v) is 13.5. The quantitative estimate of drug-likeness (QED) is 0.425. The molecule has 0 bridgehead atoms. The Hall–Kier alpha value is -3.71. The van der Waals surface area contributed by atoms with Crippen molar-refractivity contribution in [2.75, 3.05) is 61.5 Å². The van der Waals surface area contributed by atoms with Gasteiger partial charge >= 0.3 is 0 Å². The number of anilines is 3. The van der Waals surface area contributed by atoms with Gasteiger partial charge < -0.3 is 24.8 Å². The minimum absolute atomic E-state index is 0.00578. The SMILES string of the molecule is COc1ccccc1N1CCN(c2ccc(NC(=O)C(Cl)c3ccccc3)cc2C(=O)N2CCCC2)CC1. The molecule has 0 spiro atoms. The van der Waals surface area contributed by atoms with Crippen LogP contribution >= 0.6 is 11.6 Å². The maximum Gasteiger partial charge on any atom is 0.256 e. The van der Waals surface area contributed by atoms with Crippen molar-refractivity contribution < 1.29 is 14.3 Å². The molecule has 3 aromatic rings. The third-order valence-corrected chi connectivity index (χ3v) is 7.71. The van der Waals surface area contributed by atoms with Crippen molar-refractivity contribution >= 4 is 40.5 Å². The highest BCUT2D eigenvalue weighted by molar-refractivity contribution is 6.32. The molecule has 1 unspecified atom stereocenters. The number of benzene rings is 3. The van der Waals surface area contributed by atoms with Gasteiger partial charge in [-0.1, -0.05) is 42.5 Å². The van der Waals surface area contributed by atoms with Crippen LogP contribution in [0.2, 0.25) is 0 Å². The van der Waals surface area contributed by atoms with Crippen molar-refractivity contribution in [1.29, 1.82) is 0 Å². The number of nitrogens with zero attached hydrogens (tertiary/aromatic N) is 3. The van der Waals surface area contributed by atoms with Crippen LogP contribution in [0.3, 0.4) is 0 Å². The third-order valence-electron chi connectivity index (χ3n) is 7.26. The fraction of sp³-hybridized carbons (Fsp3) is 0.333. The zero-order valence-corrected chi connectivity index (χ0v) is 22.4. The Labute approximate surface area is 228 Å². The van der Waals surface area contributed by atoms with Crippen LogP contribution in [0.4, 0.5) is 17.1 Å². The molecule has 2 aliphatic heterocycles. The minimum Gasteiger partial charge on any atom is -0.495 e. The van der Waals surface area contributed by atoms with Crippen molar-refractivity contribution in [3.63, 3.8) is 0 Å². The third kappa shape index (κ3) is 5.58. The Morgan fingerprint density at radius 1 is 0.816 bits per heavy atom. The molecule has 2 amide bonds. The summed E-state index contributed by atoms with van der Waals surface area (Å²) in [4.78, 5) is 33.0. The maximum atomic E-state index is 13.6. The second-order valence-electron chi connectivity index (χ2n) is 9.64. The fourth-order valence-electron chi connectivity index (χ4n) is 5.21. The monoisotopic (exact) mass is 532 g/mol. The smallest absolute Gasteiger partial charge is 0.256 e. The van der Waals surface area contributed by atoms with Gasteiger partial charge in [0.15, 0.2) is 0 Å². The number of likely N-dealkylation sites (tertiary alicyclic amines) is 1. The second kappa shape index (κ2) is 11.8. The standard InChI is InChI=1S/C30H33ClN4O3/c1-38-27-12-6-5-11-26(27)34-19-17-33(18-20-34)25-14-13-23(21-24(25)30(37)35-15-7-8-16-35)32-29(36)28(31)22-9-3-2-4-10-22/h2-6,9-14,21,28H,7-8,15-20H2,1H3,(H,32,36). The van der Waals surface area contributed by atoms with Crippen molar-refractivity contribution in [3.05, 3.63) is 83.9 Å². The highest BCUT2D eigenvalue weighted by Crippen LogP contribution is 2.32. The van der Waals surface area contributed by atoms with Gasteiger partial charge in [-0.05, 0) is 48.7 Å². The van der Waals surface area contributed by atoms with Crippen molar-refractivity contribution in [2.45, 2.75) is 18.2 Å². The predicted octanol–water partition coefficient (Wildman–Crippen LogP) is 5.18. The summed E-state index contributed by atoms with van der Waals surface area (Å²) in [5.41, 5.74) is 3.88. The number of amides is 2.